The first kappa shape index (κ1) is 16.8. The minimum atomic E-state index is -0.613. The van der Waals surface area contributed by atoms with E-state index in [1.54, 1.807) is 13.0 Å². The number of carbonyl (C=O) groups excluding carboxylic acids is 1. The van der Waals surface area contributed by atoms with Gasteiger partial charge in [-0.1, -0.05) is 24.3 Å². The molecule has 0 bridgehead atoms. The first-order chi connectivity index (χ1) is 11.5. The average Bonchev–Trinajstić information content (AvgIpc) is 2.56. The highest BCUT2D eigenvalue weighted by molar-refractivity contribution is 7.99. The number of carbonyl (C=O) groups is 1. The maximum absolute atomic E-state index is 13.9. The van der Waals surface area contributed by atoms with Crippen LogP contribution in [0.4, 0.5) is 4.39 Å². The SMILES string of the molecule is Cc1cccc(O[C@@H](C)C(=O)N[C@@H]2CCSc3c(F)cccc32)c1. The molecule has 2 aromatic carbocycles. The normalized spacial score (nSPS) is 17.7. The molecule has 1 N–H and O–H groups in total. The van der Waals surface area contributed by atoms with E-state index >= 15 is 0 Å². The van der Waals surface area contributed by atoms with Gasteiger partial charge in [-0.15, -0.1) is 11.8 Å². The van der Waals surface area contributed by atoms with E-state index < -0.39 is 6.10 Å². The van der Waals surface area contributed by atoms with Crippen molar-refractivity contribution in [1.82, 2.24) is 5.32 Å². The second-order valence-corrected chi connectivity index (χ2v) is 7.04. The summed E-state index contributed by atoms with van der Waals surface area (Å²) in [4.78, 5) is 13.1. The van der Waals surface area contributed by atoms with Gasteiger partial charge in [0.15, 0.2) is 6.10 Å². The summed E-state index contributed by atoms with van der Waals surface area (Å²) in [6.45, 7) is 3.70. The van der Waals surface area contributed by atoms with E-state index in [1.165, 1.54) is 17.8 Å². The average molecular weight is 345 g/mol. The molecule has 0 radical (unpaired) electrons. The minimum absolute atomic E-state index is 0.173. The van der Waals surface area contributed by atoms with Crippen LogP contribution in [0.2, 0.25) is 0 Å². The smallest absolute Gasteiger partial charge is 0.261 e. The number of ether oxygens (including phenoxy) is 1. The van der Waals surface area contributed by atoms with E-state index in [0.717, 1.165) is 23.3 Å². The van der Waals surface area contributed by atoms with E-state index in [9.17, 15) is 9.18 Å². The third-order valence-electron chi connectivity index (χ3n) is 4.01. The first-order valence-corrected chi connectivity index (χ1v) is 8.98. The molecule has 2 aromatic rings. The van der Waals surface area contributed by atoms with Crippen molar-refractivity contribution in [1.29, 1.82) is 0 Å². The first-order valence-electron chi connectivity index (χ1n) is 7.99. The number of nitrogens with one attached hydrogen (secondary N) is 1. The topological polar surface area (TPSA) is 38.3 Å². The van der Waals surface area contributed by atoms with Crippen LogP contribution in [0, 0.1) is 12.7 Å². The van der Waals surface area contributed by atoms with Gasteiger partial charge in [-0.3, -0.25) is 4.79 Å². The van der Waals surface area contributed by atoms with Crippen molar-refractivity contribution in [2.75, 3.05) is 5.75 Å². The quantitative estimate of drug-likeness (QED) is 0.900. The molecule has 2 atom stereocenters. The number of amides is 1. The molecule has 0 aromatic heterocycles. The molecule has 1 aliphatic rings. The maximum atomic E-state index is 13.9. The largest absolute Gasteiger partial charge is 0.481 e. The summed E-state index contributed by atoms with van der Waals surface area (Å²) in [5.74, 6) is 1.04. The summed E-state index contributed by atoms with van der Waals surface area (Å²) in [5.41, 5.74) is 1.93. The van der Waals surface area contributed by atoms with Crippen molar-refractivity contribution in [3.8, 4) is 5.75 Å². The fourth-order valence-electron chi connectivity index (χ4n) is 2.77. The molecule has 0 aliphatic carbocycles. The van der Waals surface area contributed by atoms with E-state index in [0.29, 0.717) is 10.6 Å². The van der Waals surface area contributed by atoms with Gasteiger partial charge in [-0.05, 0) is 49.6 Å². The number of aryl methyl sites for hydroxylation is 1. The lowest BCUT2D eigenvalue weighted by Crippen LogP contribution is -2.39. The van der Waals surface area contributed by atoms with Crippen LogP contribution in [-0.2, 0) is 4.79 Å². The predicted octanol–water partition coefficient (Wildman–Crippen LogP) is 4.25. The van der Waals surface area contributed by atoms with Gasteiger partial charge in [0.1, 0.15) is 11.6 Å². The third kappa shape index (κ3) is 3.73. The summed E-state index contributed by atoms with van der Waals surface area (Å²) in [6, 6.07) is 12.4. The molecular weight excluding hydrogens is 325 g/mol. The van der Waals surface area contributed by atoms with Crippen LogP contribution < -0.4 is 10.1 Å². The van der Waals surface area contributed by atoms with Crippen LogP contribution >= 0.6 is 11.8 Å². The van der Waals surface area contributed by atoms with Gasteiger partial charge >= 0.3 is 0 Å². The zero-order valence-corrected chi connectivity index (χ0v) is 14.5. The molecule has 0 spiro atoms. The van der Waals surface area contributed by atoms with Crippen LogP contribution in [0.15, 0.2) is 47.4 Å². The Morgan fingerprint density at radius 2 is 2.12 bits per heavy atom. The van der Waals surface area contributed by atoms with Gasteiger partial charge in [-0.25, -0.2) is 4.39 Å². The molecule has 24 heavy (non-hydrogen) atoms. The Labute approximate surface area is 145 Å². The van der Waals surface area contributed by atoms with Crippen molar-refractivity contribution >= 4 is 17.7 Å². The molecule has 0 unspecified atom stereocenters. The van der Waals surface area contributed by atoms with Crippen LogP contribution in [0.25, 0.3) is 0 Å². The molecule has 126 valence electrons. The van der Waals surface area contributed by atoms with E-state index in [-0.39, 0.29) is 17.8 Å². The maximum Gasteiger partial charge on any atom is 0.261 e. The standard InChI is InChI=1S/C19H20FNO2S/c1-12-5-3-6-14(11-12)23-13(2)19(22)21-17-9-10-24-18-15(17)7-4-8-16(18)20/h3-8,11,13,17H,9-10H2,1-2H3,(H,21,22)/t13-,17+/m0/s1. The number of fused-ring (bicyclic) bond motifs is 1. The van der Waals surface area contributed by atoms with Crippen molar-refractivity contribution in [2.24, 2.45) is 0 Å². The molecule has 1 heterocycles. The second-order valence-electron chi connectivity index (χ2n) is 5.93. The van der Waals surface area contributed by atoms with E-state index in [1.807, 2.05) is 37.3 Å². The highest BCUT2D eigenvalue weighted by Gasteiger charge is 2.26. The van der Waals surface area contributed by atoms with Gasteiger partial charge in [0.2, 0.25) is 0 Å². The molecule has 3 rings (SSSR count). The van der Waals surface area contributed by atoms with Gasteiger partial charge in [-0.2, -0.15) is 0 Å². The van der Waals surface area contributed by atoms with Gasteiger partial charge in [0.05, 0.1) is 6.04 Å². The lowest BCUT2D eigenvalue weighted by atomic mass is 10.0. The highest BCUT2D eigenvalue weighted by atomic mass is 32.2. The van der Waals surface area contributed by atoms with Gasteiger partial charge < -0.3 is 10.1 Å². The number of hydrogen-bond acceptors (Lipinski definition) is 3. The summed E-state index contributed by atoms with van der Waals surface area (Å²) in [7, 11) is 0. The predicted molar refractivity (Wildman–Crippen MR) is 93.9 cm³/mol. The fourth-order valence-corrected chi connectivity index (χ4v) is 3.91. The molecule has 5 heteroatoms. The lowest BCUT2D eigenvalue weighted by molar-refractivity contribution is -0.128. The molecular formula is C19H20FNO2S. The number of hydrogen-bond donors (Lipinski definition) is 1. The summed E-state index contributed by atoms with van der Waals surface area (Å²) >= 11 is 1.50. The Hall–Kier alpha value is -2.01. The van der Waals surface area contributed by atoms with E-state index in [4.69, 9.17) is 4.74 Å². The zero-order valence-electron chi connectivity index (χ0n) is 13.7. The third-order valence-corrected chi connectivity index (χ3v) is 5.17. The van der Waals surface area contributed by atoms with E-state index in [2.05, 4.69) is 5.32 Å². The Kier molecular flexibility index (Phi) is 5.09. The Morgan fingerprint density at radius 3 is 2.92 bits per heavy atom. The van der Waals surface area contributed by atoms with Crippen LogP contribution in [0.3, 0.4) is 0 Å². The van der Waals surface area contributed by atoms with Crippen molar-refractivity contribution in [3.05, 3.63) is 59.4 Å². The zero-order chi connectivity index (χ0) is 17.1. The molecule has 3 nitrogen and oxygen atoms in total. The monoisotopic (exact) mass is 345 g/mol. The van der Waals surface area contributed by atoms with Gasteiger partial charge in [0, 0.05) is 10.6 Å². The Balaban J connectivity index is 1.68. The molecule has 1 amide bonds. The minimum Gasteiger partial charge on any atom is -0.481 e. The summed E-state index contributed by atoms with van der Waals surface area (Å²) in [5, 5.41) is 2.99. The fraction of sp³-hybridized carbons (Fsp3) is 0.316. The van der Waals surface area contributed by atoms with Crippen LogP contribution in [-0.4, -0.2) is 17.8 Å². The molecule has 0 saturated heterocycles. The van der Waals surface area contributed by atoms with Crippen LogP contribution in [0.1, 0.15) is 30.5 Å². The van der Waals surface area contributed by atoms with Crippen LogP contribution in [0.5, 0.6) is 5.75 Å². The number of rotatable bonds is 4. The number of halogens is 1. The van der Waals surface area contributed by atoms with Crippen molar-refractivity contribution in [3.63, 3.8) is 0 Å². The number of thioether (sulfide) groups is 1. The van der Waals surface area contributed by atoms with Gasteiger partial charge in [0.25, 0.3) is 5.91 Å². The number of benzene rings is 2. The van der Waals surface area contributed by atoms with Crippen molar-refractivity contribution in [2.45, 2.75) is 37.3 Å². The van der Waals surface area contributed by atoms with Crippen molar-refractivity contribution < 1.29 is 13.9 Å². The molecule has 0 saturated carbocycles. The highest BCUT2D eigenvalue weighted by Crippen LogP contribution is 2.37. The molecule has 1 aliphatic heterocycles. The summed E-state index contributed by atoms with van der Waals surface area (Å²) in [6.07, 6.45) is 0.169. The second kappa shape index (κ2) is 7.26. The molecule has 0 fully saturated rings. The lowest BCUT2D eigenvalue weighted by Gasteiger charge is -2.27. The Bertz CT molecular complexity index is 750. The Morgan fingerprint density at radius 1 is 1.33 bits per heavy atom. The summed E-state index contributed by atoms with van der Waals surface area (Å²) < 4.78 is 19.6.